The van der Waals surface area contributed by atoms with Gasteiger partial charge in [-0.3, -0.25) is 4.79 Å². The molecule has 0 radical (unpaired) electrons. The van der Waals surface area contributed by atoms with Gasteiger partial charge in [0.05, 0.1) is 12.5 Å². The van der Waals surface area contributed by atoms with Crippen molar-refractivity contribution >= 4 is 5.78 Å². The lowest BCUT2D eigenvalue weighted by atomic mass is 9.52. The van der Waals surface area contributed by atoms with Gasteiger partial charge in [-0.25, -0.2) is 0 Å². The average molecular weight is 285 g/mol. The summed E-state index contributed by atoms with van der Waals surface area (Å²) in [6.07, 6.45) is 5.01. The van der Waals surface area contributed by atoms with Gasteiger partial charge in [0.1, 0.15) is 11.5 Å². The molecular weight excluding hydrogens is 262 g/mol. The fourth-order valence-electron chi connectivity index (χ4n) is 5.21. The summed E-state index contributed by atoms with van der Waals surface area (Å²) in [7, 11) is 3.95. The maximum absolute atomic E-state index is 13.0. The van der Waals surface area contributed by atoms with Crippen LogP contribution in [0.1, 0.15) is 36.8 Å². The van der Waals surface area contributed by atoms with Crippen LogP contribution in [-0.2, 0) is 16.6 Å². The monoisotopic (exact) mass is 285 g/mol. The molecule has 2 fully saturated rings. The van der Waals surface area contributed by atoms with E-state index in [9.17, 15) is 4.79 Å². The highest BCUT2D eigenvalue weighted by Gasteiger charge is 2.57. The van der Waals surface area contributed by atoms with Gasteiger partial charge in [-0.2, -0.15) is 0 Å². The highest BCUT2D eigenvalue weighted by molar-refractivity contribution is 5.92. The molecule has 4 rings (SSSR count). The van der Waals surface area contributed by atoms with Crippen molar-refractivity contribution in [3.63, 3.8) is 0 Å². The zero-order chi connectivity index (χ0) is 14.6. The summed E-state index contributed by atoms with van der Waals surface area (Å²) in [5.41, 5.74) is 2.33. The van der Waals surface area contributed by atoms with Gasteiger partial charge in [0, 0.05) is 12.5 Å². The minimum Gasteiger partial charge on any atom is -0.496 e. The Balaban J connectivity index is 1.96. The van der Waals surface area contributed by atoms with Gasteiger partial charge >= 0.3 is 0 Å². The normalized spacial score (nSPS) is 35.0. The lowest BCUT2D eigenvalue weighted by Gasteiger charge is -2.57. The SMILES string of the molecule is COc1cccc2c1C[C@@H]1[C@@H]3CCCC(=O)[C@]23CCN1C. The molecule has 21 heavy (non-hydrogen) atoms. The zero-order valence-electron chi connectivity index (χ0n) is 12.9. The topological polar surface area (TPSA) is 29.5 Å². The standard InChI is InChI=1S/C18H23NO2/c1-19-10-9-18-13-5-3-7-16(21-2)12(13)11-15(19)14(18)6-4-8-17(18)20/h3,5,7,14-15H,4,6,8-11H2,1-2H3/t14-,15+,18+/m0/s1. The molecule has 3 atom stereocenters. The van der Waals surface area contributed by atoms with Crippen molar-refractivity contribution < 1.29 is 9.53 Å². The maximum Gasteiger partial charge on any atom is 0.143 e. The first kappa shape index (κ1) is 13.3. The van der Waals surface area contributed by atoms with Crippen LogP contribution < -0.4 is 4.74 Å². The number of ether oxygens (including phenoxy) is 1. The number of likely N-dealkylation sites (tertiary alicyclic amines) is 1. The molecule has 1 aliphatic heterocycles. The Bertz CT molecular complexity index is 597. The molecule has 1 saturated heterocycles. The van der Waals surface area contributed by atoms with E-state index in [1.54, 1.807) is 7.11 Å². The Kier molecular flexibility index (Phi) is 2.90. The van der Waals surface area contributed by atoms with Crippen LogP contribution in [0.4, 0.5) is 0 Å². The Morgan fingerprint density at radius 2 is 2.24 bits per heavy atom. The second kappa shape index (κ2) is 4.57. The quantitative estimate of drug-likeness (QED) is 0.794. The van der Waals surface area contributed by atoms with Crippen molar-refractivity contribution in [2.45, 2.75) is 43.6 Å². The van der Waals surface area contributed by atoms with Gasteiger partial charge < -0.3 is 9.64 Å². The Morgan fingerprint density at radius 3 is 3.05 bits per heavy atom. The van der Waals surface area contributed by atoms with Gasteiger partial charge in [-0.05, 0) is 62.4 Å². The molecular formula is C18H23NO2. The summed E-state index contributed by atoms with van der Waals surface area (Å²) in [5, 5.41) is 0. The van der Waals surface area contributed by atoms with E-state index in [0.29, 0.717) is 17.7 Å². The summed E-state index contributed by atoms with van der Waals surface area (Å²) in [6, 6.07) is 6.78. The van der Waals surface area contributed by atoms with Crippen LogP contribution in [0.5, 0.6) is 5.75 Å². The molecule has 1 saturated carbocycles. The Hall–Kier alpha value is -1.35. The number of carbonyl (C=O) groups excluding carboxylic acids is 1. The third kappa shape index (κ3) is 1.61. The van der Waals surface area contributed by atoms with Gasteiger partial charge in [-0.1, -0.05) is 12.1 Å². The molecule has 0 amide bonds. The van der Waals surface area contributed by atoms with Gasteiger partial charge in [-0.15, -0.1) is 0 Å². The Morgan fingerprint density at radius 1 is 1.38 bits per heavy atom. The van der Waals surface area contributed by atoms with Crippen molar-refractivity contribution in [3.8, 4) is 5.75 Å². The van der Waals surface area contributed by atoms with E-state index in [-0.39, 0.29) is 5.41 Å². The molecule has 3 nitrogen and oxygen atoms in total. The van der Waals surface area contributed by atoms with Crippen LogP contribution in [0, 0.1) is 5.92 Å². The fraction of sp³-hybridized carbons (Fsp3) is 0.611. The van der Waals surface area contributed by atoms with E-state index in [1.807, 2.05) is 6.07 Å². The Labute approximate surface area is 126 Å². The summed E-state index contributed by atoms with van der Waals surface area (Å²) in [5.74, 6) is 1.94. The number of Topliss-reactive ketones (excluding diaryl/α,β-unsaturated/α-hetero) is 1. The van der Waals surface area contributed by atoms with Crippen molar-refractivity contribution in [1.29, 1.82) is 0 Å². The summed E-state index contributed by atoms with van der Waals surface area (Å²) < 4.78 is 5.59. The molecule has 2 aliphatic carbocycles. The number of piperidine rings is 1. The number of benzene rings is 1. The predicted molar refractivity (Wildman–Crippen MR) is 81.8 cm³/mol. The molecule has 1 aromatic rings. The second-order valence-corrected chi connectivity index (χ2v) is 6.88. The van der Waals surface area contributed by atoms with E-state index >= 15 is 0 Å². The van der Waals surface area contributed by atoms with Crippen LogP contribution in [0.3, 0.4) is 0 Å². The van der Waals surface area contributed by atoms with Crippen molar-refractivity contribution in [2.75, 3.05) is 20.7 Å². The number of nitrogens with zero attached hydrogens (tertiary/aromatic N) is 1. The van der Waals surface area contributed by atoms with Crippen LogP contribution in [-0.4, -0.2) is 37.4 Å². The smallest absolute Gasteiger partial charge is 0.143 e. The van der Waals surface area contributed by atoms with Gasteiger partial charge in [0.2, 0.25) is 0 Å². The van der Waals surface area contributed by atoms with Crippen LogP contribution in [0.2, 0.25) is 0 Å². The maximum atomic E-state index is 13.0. The zero-order valence-corrected chi connectivity index (χ0v) is 12.9. The number of fused-ring (bicyclic) bond motifs is 1. The molecule has 1 aromatic carbocycles. The largest absolute Gasteiger partial charge is 0.496 e. The van der Waals surface area contributed by atoms with Crippen LogP contribution in [0.25, 0.3) is 0 Å². The van der Waals surface area contributed by atoms with Crippen LogP contribution >= 0.6 is 0 Å². The second-order valence-electron chi connectivity index (χ2n) is 6.88. The first-order valence-corrected chi connectivity index (χ1v) is 8.08. The molecule has 3 heteroatoms. The molecule has 2 bridgehead atoms. The molecule has 0 spiro atoms. The van der Waals surface area contributed by atoms with Crippen molar-refractivity contribution in [2.24, 2.45) is 5.92 Å². The molecule has 3 aliphatic rings. The first-order chi connectivity index (χ1) is 10.2. The minimum atomic E-state index is -0.225. The van der Waals surface area contributed by atoms with E-state index in [0.717, 1.165) is 38.0 Å². The van der Waals surface area contributed by atoms with Gasteiger partial charge in [0.15, 0.2) is 0 Å². The number of hydrogen-bond donors (Lipinski definition) is 0. The molecule has 1 heterocycles. The third-order valence-electron chi connectivity index (χ3n) is 6.19. The highest BCUT2D eigenvalue weighted by atomic mass is 16.5. The fourth-order valence-corrected chi connectivity index (χ4v) is 5.21. The number of methoxy groups -OCH3 is 1. The highest BCUT2D eigenvalue weighted by Crippen LogP contribution is 2.55. The number of likely N-dealkylation sites (N-methyl/N-ethyl adjacent to an activating group) is 1. The van der Waals surface area contributed by atoms with Crippen molar-refractivity contribution in [3.05, 3.63) is 29.3 Å². The van der Waals surface area contributed by atoms with E-state index in [4.69, 9.17) is 4.74 Å². The number of hydrogen-bond acceptors (Lipinski definition) is 3. The van der Waals surface area contributed by atoms with Crippen LogP contribution in [0.15, 0.2) is 18.2 Å². The third-order valence-corrected chi connectivity index (χ3v) is 6.19. The van der Waals surface area contributed by atoms with E-state index in [1.165, 1.54) is 17.5 Å². The molecule has 112 valence electrons. The number of ketones is 1. The average Bonchev–Trinajstić information content (AvgIpc) is 2.50. The van der Waals surface area contributed by atoms with E-state index < -0.39 is 0 Å². The summed E-state index contributed by atoms with van der Waals surface area (Å²) in [4.78, 5) is 15.4. The first-order valence-electron chi connectivity index (χ1n) is 8.08. The summed E-state index contributed by atoms with van der Waals surface area (Å²) in [6.45, 7) is 1.03. The number of carbonyl (C=O) groups is 1. The molecule has 0 unspecified atom stereocenters. The van der Waals surface area contributed by atoms with Gasteiger partial charge in [0.25, 0.3) is 0 Å². The lowest BCUT2D eigenvalue weighted by Crippen LogP contribution is -2.63. The lowest BCUT2D eigenvalue weighted by molar-refractivity contribution is -0.135. The minimum absolute atomic E-state index is 0.225. The van der Waals surface area contributed by atoms with E-state index in [2.05, 4.69) is 24.1 Å². The van der Waals surface area contributed by atoms with Crippen molar-refractivity contribution in [1.82, 2.24) is 4.90 Å². The molecule has 0 N–H and O–H groups in total. The summed E-state index contributed by atoms with van der Waals surface area (Å²) >= 11 is 0. The molecule has 0 aromatic heterocycles. The number of rotatable bonds is 1. The predicted octanol–water partition coefficient (Wildman–Crippen LogP) is 2.56.